The number of morpholine rings is 1. The lowest BCUT2D eigenvalue weighted by Crippen LogP contribution is -2.40. The SMILES string of the molecule is CC[C@@H](C(=O)Nc1ccccc1)n1nc(-c2ccc(C)c(S(=O)(=O)N3CCOCC3)c2)ccc1=O. The lowest BCUT2D eigenvalue weighted by molar-refractivity contribution is -0.119. The highest BCUT2D eigenvalue weighted by atomic mass is 32.2. The monoisotopic (exact) mass is 496 g/mol. The van der Waals surface area contributed by atoms with Gasteiger partial charge in [-0.05, 0) is 43.2 Å². The molecule has 35 heavy (non-hydrogen) atoms. The summed E-state index contributed by atoms with van der Waals surface area (Å²) in [5.41, 5.74) is 1.75. The van der Waals surface area contributed by atoms with Crippen LogP contribution >= 0.6 is 0 Å². The summed E-state index contributed by atoms with van der Waals surface area (Å²) in [5.74, 6) is -0.357. The maximum absolute atomic E-state index is 13.3. The number of nitrogens with one attached hydrogen (secondary N) is 1. The van der Waals surface area contributed by atoms with Gasteiger partial charge < -0.3 is 10.1 Å². The van der Waals surface area contributed by atoms with Gasteiger partial charge in [0, 0.05) is 30.4 Å². The van der Waals surface area contributed by atoms with Gasteiger partial charge in [-0.3, -0.25) is 9.59 Å². The normalized spacial score (nSPS) is 15.5. The van der Waals surface area contributed by atoms with Crippen LogP contribution in [0.25, 0.3) is 11.3 Å². The van der Waals surface area contributed by atoms with E-state index in [0.29, 0.717) is 55.2 Å². The topological polar surface area (TPSA) is 111 Å². The van der Waals surface area contributed by atoms with Crippen LogP contribution in [0.5, 0.6) is 0 Å². The Hall–Kier alpha value is -3.34. The zero-order valence-electron chi connectivity index (χ0n) is 19.7. The maximum atomic E-state index is 13.3. The zero-order valence-corrected chi connectivity index (χ0v) is 20.5. The first-order valence-corrected chi connectivity index (χ1v) is 12.9. The molecule has 0 aliphatic carbocycles. The minimum Gasteiger partial charge on any atom is -0.379 e. The number of para-hydroxylation sites is 1. The first-order valence-electron chi connectivity index (χ1n) is 11.5. The average Bonchev–Trinajstić information content (AvgIpc) is 2.87. The Balaban J connectivity index is 1.68. The fourth-order valence-electron chi connectivity index (χ4n) is 3.98. The first kappa shape index (κ1) is 24.8. The zero-order chi connectivity index (χ0) is 25.0. The standard InChI is InChI=1S/C25H28N4O5S/c1-3-22(25(31)26-20-7-5-4-6-8-20)29-24(30)12-11-21(27-29)19-10-9-18(2)23(17-19)35(32,33)28-13-15-34-16-14-28/h4-12,17,22H,3,13-16H2,1-2H3,(H,26,31)/t22-/m0/s1. The predicted octanol–water partition coefficient (Wildman–Crippen LogP) is 2.83. The van der Waals surface area contributed by atoms with Crippen LogP contribution in [-0.2, 0) is 19.6 Å². The van der Waals surface area contributed by atoms with Crippen molar-refractivity contribution in [2.45, 2.75) is 31.2 Å². The summed E-state index contributed by atoms with van der Waals surface area (Å²) in [5, 5.41) is 7.27. The molecular formula is C25H28N4O5S. The van der Waals surface area contributed by atoms with Gasteiger partial charge in [-0.2, -0.15) is 9.40 Å². The van der Waals surface area contributed by atoms with Crippen molar-refractivity contribution in [3.63, 3.8) is 0 Å². The van der Waals surface area contributed by atoms with E-state index in [9.17, 15) is 18.0 Å². The number of benzene rings is 2. The maximum Gasteiger partial charge on any atom is 0.267 e. The predicted molar refractivity (Wildman–Crippen MR) is 133 cm³/mol. The number of sulfonamides is 1. The van der Waals surface area contributed by atoms with Crippen LogP contribution in [0.1, 0.15) is 24.9 Å². The fraction of sp³-hybridized carbons (Fsp3) is 0.320. The number of anilines is 1. The number of ether oxygens (including phenoxy) is 1. The molecule has 4 rings (SSSR count). The van der Waals surface area contributed by atoms with Crippen molar-refractivity contribution in [2.24, 2.45) is 0 Å². The van der Waals surface area contributed by atoms with E-state index in [0.717, 1.165) is 4.68 Å². The Morgan fingerprint density at radius 2 is 1.80 bits per heavy atom. The van der Waals surface area contributed by atoms with Crippen LogP contribution in [0.3, 0.4) is 0 Å². The highest BCUT2D eigenvalue weighted by Gasteiger charge is 2.28. The van der Waals surface area contributed by atoms with Gasteiger partial charge in [-0.1, -0.05) is 37.3 Å². The van der Waals surface area contributed by atoms with Crippen molar-refractivity contribution in [2.75, 3.05) is 31.6 Å². The van der Waals surface area contributed by atoms with Crippen molar-refractivity contribution in [3.8, 4) is 11.3 Å². The quantitative estimate of drug-likeness (QED) is 0.539. The Morgan fingerprint density at radius 3 is 2.49 bits per heavy atom. The molecule has 0 unspecified atom stereocenters. The van der Waals surface area contributed by atoms with Crippen LogP contribution in [0, 0.1) is 6.92 Å². The second kappa shape index (κ2) is 10.5. The van der Waals surface area contributed by atoms with Gasteiger partial charge in [0.1, 0.15) is 6.04 Å². The van der Waals surface area contributed by atoms with Crippen molar-refractivity contribution < 1.29 is 17.9 Å². The summed E-state index contributed by atoms with van der Waals surface area (Å²) in [6.07, 6.45) is 0.347. The Kier molecular flexibility index (Phi) is 7.44. The van der Waals surface area contributed by atoms with Crippen molar-refractivity contribution in [1.82, 2.24) is 14.1 Å². The molecule has 3 aromatic rings. The van der Waals surface area contributed by atoms with E-state index in [4.69, 9.17) is 4.74 Å². The average molecular weight is 497 g/mol. The second-order valence-electron chi connectivity index (χ2n) is 8.28. The molecule has 0 saturated carbocycles. The van der Waals surface area contributed by atoms with E-state index in [1.807, 2.05) is 18.2 Å². The molecule has 1 amide bonds. The third kappa shape index (κ3) is 5.34. The first-order chi connectivity index (χ1) is 16.8. The Labute approximate surface area is 204 Å². The number of amides is 1. The number of hydrogen-bond donors (Lipinski definition) is 1. The molecule has 1 saturated heterocycles. The highest BCUT2D eigenvalue weighted by Crippen LogP contribution is 2.27. The largest absolute Gasteiger partial charge is 0.379 e. The molecule has 9 nitrogen and oxygen atoms in total. The molecule has 0 bridgehead atoms. The molecule has 10 heteroatoms. The summed E-state index contributed by atoms with van der Waals surface area (Å²) in [4.78, 5) is 25.8. The highest BCUT2D eigenvalue weighted by molar-refractivity contribution is 7.89. The summed E-state index contributed by atoms with van der Waals surface area (Å²) < 4.78 is 34.4. The third-order valence-corrected chi connectivity index (χ3v) is 7.96. The summed E-state index contributed by atoms with van der Waals surface area (Å²) in [6.45, 7) is 4.84. The molecule has 0 radical (unpaired) electrons. The molecule has 184 valence electrons. The number of aromatic nitrogens is 2. The van der Waals surface area contributed by atoms with Gasteiger partial charge in [0.05, 0.1) is 23.8 Å². The Bertz CT molecular complexity index is 1370. The van der Waals surface area contributed by atoms with Crippen molar-refractivity contribution in [3.05, 3.63) is 76.6 Å². The molecule has 2 heterocycles. The molecule has 2 aromatic carbocycles. The second-order valence-corrected chi connectivity index (χ2v) is 10.2. The number of aryl methyl sites for hydroxylation is 1. The van der Waals surface area contributed by atoms with E-state index >= 15 is 0 Å². The smallest absolute Gasteiger partial charge is 0.267 e. The van der Waals surface area contributed by atoms with E-state index in [1.165, 1.54) is 16.4 Å². The number of nitrogens with zero attached hydrogens (tertiary/aromatic N) is 3. The van der Waals surface area contributed by atoms with E-state index in [2.05, 4.69) is 10.4 Å². The van der Waals surface area contributed by atoms with Gasteiger partial charge in [0.25, 0.3) is 5.56 Å². The number of carbonyl (C=O) groups is 1. The molecule has 1 fully saturated rings. The van der Waals surface area contributed by atoms with E-state index in [-0.39, 0.29) is 10.8 Å². The number of carbonyl (C=O) groups excluding carboxylic acids is 1. The molecule has 1 aliphatic rings. The van der Waals surface area contributed by atoms with Crippen molar-refractivity contribution in [1.29, 1.82) is 0 Å². The van der Waals surface area contributed by atoms with Crippen LogP contribution in [0.15, 0.2) is 70.4 Å². The van der Waals surface area contributed by atoms with Crippen molar-refractivity contribution >= 4 is 21.6 Å². The van der Waals surface area contributed by atoms with Gasteiger partial charge in [0.2, 0.25) is 15.9 Å². The lowest BCUT2D eigenvalue weighted by atomic mass is 10.1. The van der Waals surface area contributed by atoms with Gasteiger partial charge >= 0.3 is 0 Å². The fourth-order valence-corrected chi connectivity index (χ4v) is 5.64. The molecular weight excluding hydrogens is 468 g/mol. The molecule has 1 atom stereocenters. The molecule has 1 N–H and O–H groups in total. The van der Waals surface area contributed by atoms with Crippen LogP contribution in [0.4, 0.5) is 5.69 Å². The minimum absolute atomic E-state index is 0.185. The number of hydrogen-bond acceptors (Lipinski definition) is 6. The van der Waals surface area contributed by atoms with Gasteiger partial charge in [0.15, 0.2) is 0 Å². The van der Waals surface area contributed by atoms with E-state index in [1.54, 1.807) is 44.2 Å². The van der Waals surface area contributed by atoms with E-state index < -0.39 is 21.6 Å². The molecule has 0 spiro atoms. The molecule has 1 aliphatic heterocycles. The summed E-state index contributed by atoms with van der Waals surface area (Å²) in [7, 11) is -3.72. The Morgan fingerprint density at radius 1 is 1.09 bits per heavy atom. The van der Waals surface area contributed by atoms with Crippen LogP contribution in [-0.4, -0.2) is 54.7 Å². The lowest BCUT2D eigenvalue weighted by Gasteiger charge is -2.26. The number of rotatable bonds is 7. The minimum atomic E-state index is -3.72. The molecule has 1 aromatic heterocycles. The van der Waals surface area contributed by atoms with Crippen LogP contribution < -0.4 is 10.9 Å². The van der Waals surface area contributed by atoms with Gasteiger partial charge in [-0.25, -0.2) is 13.1 Å². The summed E-state index contributed by atoms with van der Waals surface area (Å²) in [6, 6.07) is 16.1. The van der Waals surface area contributed by atoms with Gasteiger partial charge in [-0.15, -0.1) is 0 Å². The van der Waals surface area contributed by atoms with Crippen LogP contribution in [0.2, 0.25) is 0 Å². The third-order valence-electron chi connectivity index (χ3n) is 5.92. The summed E-state index contributed by atoms with van der Waals surface area (Å²) >= 11 is 0.